The van der Waals surface area contributed by atoms with Crippen molar-refractivity contribution in [3.63, 3.8) is 0 Å². The third kappa shape index (κ3) is 4.17. The molecule has 0 aliphatic rings. The lowest BCUT2D eigenvalue weighted by atomic mass is 10.0. The summed E-state index contributed by atoms with van der Waals surface area (Å²) in [5.41, 5.74) is -2.04. The van der Waals surface area contributed by atoms with Gasteiger partial charge in [-0.1, -0.05) is 13.8 Å². The summed E-state index contributed by atoms with van der Waals surface area (Å²) >= 11 is 0. The number of alkyl halides is 3. The molecule has 0 aromatic heterocycles. The maximum absolute atomic E-state index is 13.1. The van der Waals surface area contributed by atoms with E-state index >= 15 is 0 Å². The summed E-state index contributed by atoms with van der Waals surface area (Å²) in [6.07, 6.45) is -4.94. The van der Waals surface area contributed by atoms with Gasteiger partial charge in [0.05, 0.1) is 5.56 Å². The number of benzene rings is 1. The van der Waals surface area contributed by atoms with E-state index in [1.807, 2.05) is 0 Å². The number of hydrogen-bond donors (Lipinski definition) is 2. The van der Waals surface area contributed by atoms with Crippen LogP contribution in [0.3, 0.4) is 0 Å². The van der Waals surface area contributed by atoms with Crippen LogP contribution < -0.4 is 5.32 Å². The van der Waals surface area contributed by atoms with Crippen LogP contribution in [0.4, 0.5) is 17.6 Å². The molecular formula is C13H13F4NO3. The minimum absolute atomic E-state index is 0.351. The summed E-state index contributed by atoms with van der Waals surface area (Å²) in [5, 5.41) is 11.0. The SMILES string of the molecule is CC(C)[C@@H](NC(=O)c1ccc(F)c(C(F)(F)F)c1)C(=O)O. The first-order chi connectivity index (χ1) is 9.54. The van der Waals surface area contributed by atoms with Crippen LogP contribution in [0.25, 0.3) is 0 Å². The van der Waals surface area contributed by atoms with Crippen LogP contribution in [-0.4, -0.2) is 23.0 Å². The zero-order valence-electron chi connectivity index (χ0n) is 11.2. The van der Waals surface area contributed by atoms with Gasteiger partial charge in [0.1, 0.15) is 11.9 Å². The number of halogens is 4. The molecule has 116 valence electrons. The van der Waals surface area contributed by atoms with Crippen LogP contribution in [0.2, 0.25) is 0 Å². The van der Waals surface area contributed by atoms with Crippen molar-refractivity contribution in [3.8, 4) is 0 Å². The third-order valence-corrected chi connectivity index (χ3v) is 2.75. The van der Waals surface area contributed by atoms with Gasteiger partial charge in [0.15, 0.2) is 0 Å². The van der Waals surface area contributed by atoms with Crippen LogP contribution in [0, 0.1) is 11.7 Å². The van der Waals surface area contributed by atoms with Crippen molar-refractivity contribution >= 4 is 11.9 Å². The smallest absolute Gasteiger partial charge is 0.419 e. The van der Waals surface area contributed by atoms with Crippen LogP contribution >= 0.6 is 0 Å². The van der Waals surface area contributed by atoms with E-state index in [1.165, 1.54) is 13.8 Å². The first-order valence-electron chi connectivity index (χ1n) is 5.94. The van der Waals surface area contributed by atoms with Gasteiger partial charge in [-0.05, 0) is 24.1 Å². The Morgan fingerprint density at radius 3 is 2.24 bits per heavy atom. The highest BCUT2D eigenvalue weighted by atomic mass is 19.4. The van der Waals surface area contributed by atoms with Gasteiger partial charge < -0.3 is 10.4 Å². The lowest BCUT2D eigenvalue weighted by Gasteiger charge is -2.18. The lowest BCUT2D eigenvalue weighted by molar-refractivity contribution is -0.141. The van der Waals surface area contributed by atoms with Gasteiger partial charge in [-0.3, -0.25) is 4.79 Å². The molecule has 0 heterocycles. The Morgan fingerprint density at radius 2 is 1.81 bits per heavy atom. The van der Waals surface area contributed by atoms with Gasteiger partial charge in [-0.2, -0.15) is 13.2 Å². The second-order valence-corrected chi connectivity index (χ2v) is 4.73. The summed E-state index contributed by atoms with van der Waals surface area (Å²) < 4.78 is 50.7. The predicted octanol–water partition coefficient (Wildman–Crippen LogP) is 2.68. The van der Waals surface area contributed by atoms with E-state index in [9.17, 15) is 27.2 Å². The van der Waals surface area contributed by atoms with Gasteiger partial charge in [0.25, 0.3) is 5.91 Å². The molecule has 1 rings (SSSR count). The molecule has 4 nitrogen and oxygen atoms in total. The molecule has 0 spiro atoms. The molecule has 2 N–H and O–H groups in total. The fourth-order valence-corrected chi connectivity index (χ4v) is 1.62. The second kappa shape index (κ2) is 6.11. The summed E-state index contributed by atoms with van der Waals surface area (Å²) in [7, 11) is 0. The van der Waals surface area contributed by atoms with Gasteiger partial charge in [-0.15, -0.1) is 0 Å². The summed E-state index contributed by atoms with van der Waals surface area (Å²) in [6, 6.07) is 0.475. The number of carbonyl (C=O) groups excluding carboxylic acids is 1. The third-order valence-electron chi connectivity index (χ3n) is 2.75. The van der Waals surface area contributed by atoms with E-state index in [2.05, 4.69) is 5.32 Å². The molecule has 1 aromatic rings. The minimum atomic E-state index is -4.94. The first-order valence-corrected chi connectivity index (χ1v) is 5.94. The molecule has 0 fully saturated rings. The van der Waals surface area contributed by atoms with E-state index in [4.69, 9.17) is 5.11 Å². The van der Waals surface area contributed by atoms with E-state index in [1.54, 1.807) is 0 Å². The van der Waals surface area contributed by atoms with Gasteiger partial charge in [0, 0.05) is 5.56 Å². The normalized spacial score (nSPS) is 13.1. The van der Waals surface area contributed by atoms with Crippen molar-refractivity contribution < 1.29 is 32.3 Å². The fraction of sp³-hybridized carbons (Fsp3) is 0.385. The van der Waals surface area contributed by atoms with Gasteiger partial charge >= 0.3 is 12.1 Å². The maximum Gasteiger partial charge on any atom is 0.419 e. The number of carboxylic acids is 1. The Balaban J connectivity index is 3.06. The van der Waals surface area contributed by atoms with Crippen LogP contribution in [-0.2, 0) is 11.0 Å². The molecule has 1 aromatic carbocycles. The number of rotatable bonds is 4. The monoisotopic (exact) mass is 307 g/mol. The molecule has 0 aliphatic heterocycles. The Bertz CT molecular complexity index is 555. The highest BCUT2D eigenvalue weighted by Crippen LogP contribution is 2.31. The Labute approximate surface area is 117 Å². The van der Waals surface area contributed by atoms with Crippen molar-refractivity contribution in [3.05, 3.63) is 35.1 Å². The molecule has 0 saturated heterocycles. The second-order valence-electron chi connectivity index (χ2n) is 4.73. The molecule has 1 amide bonds. The van der Waals surface area contributed by atoms with Crippen LogP contribution in [0.1, 0.15) is 29.8 Å². The Hall–Kier alpha value is -2.12. The quantitative estimate of drug-likeness (QED) is 0.841. The average molecular weight is 307 g/mol. The van der Waals surface area contributed by atoms with Crippen molar-refractivity contribution in [2.45, 2.75) is 26.1 Å². The molecule has 0 bridgehead atoms. The molecule has 8 heteroatoms. The first kappa shape index (κ1) is 16.9. The number of carboxylic acid groups (broad SMARTS) is 1. The fourth-order valence-electron chi connectivity index (χ4n) is 1.62. The number of carbonyl (C=O) groups is 2. The van der Waals surface area contributed by atoms with E-state index in [0.717, 1.165) is 6.07 Å². The molecular weight excluding hydrogens is 294 g/mol. The Morgan fingerprint density at radius 1 is 1.24 bits per heavy atom. The van der Waals surface area contributed by atoms with Crippen molar-refractivity contribution in [2.75, 3.05) is 0 Å². The molecule has 1 atom stereocenters. The van der Waals surface area contributed by atoms with Crippen molar-refractivity contribution in [1.82, 2.24) is 5.32 Å². The summed E-state index contributed by atoms with van der Waals surface area (Å²) in [6.45, 7) is 3.07. The topological polar surface area (TPSA) is 66.4 Å². The van der Waals surface area contributed by atoms with Crippen molar-refractivity contribution in [2.24, 2.45) is 5.92 Å². The highest BCUT2D eigenvalue weighted by Gasteiger charge is 2.35. The predicted molar refractivity (Wildman–Crippen MR) is 65.1 cm³/mol. The number of aliphatic carboxylic acids is 1. The molecule has 0 radical (unpaired) electrons. The average Bonchev–Trinajstić information content (AvgIpc) is 2.33. The molecule has 0 saturated carbocycles. The van der Waals surface area contributed by atoms with Gasteiger partial charge in [-0.25, -0.2) is 9.18 Å². The maximum atomic E-state index is 13.1. The minimum Gasteiger partial charge on any atom is -0.480 e. The molecule has 0 aliphatic carbocycles. The van der Waals surface area contributed by atoms with E-state index in [-0.39, 0.29) is 0 Å². The van der Waals surface area contributed by atoms with Crippen molar-refractivity contribution in [1.29, 1.82) is 0 Å². The molecule has 21 heavy (non-hydrogen) atoms. The van der Waals surface area contributed by atoms with E-state index < -0.39 is 47.0 Å². The zero-order chi connectivity index (χ0) is 16.4. The van der Waals surface area contributed by atoms with Crippen LogP contribution in [0.5, 0.6) is 0 Å². The summed E-state index contributed by atoms with van der Waals surface area (Å²) in [4.78, 5) is 22.7. The Kier molecular flexibility index (Phi) is 4.93. The number of nitrogens with one attached hydrogen (secondary N) is 1. The standard InChI is InChI=1S/C13H13F4NO3/c1-6(2)10(12(20)21)18-11(19)7-3-4-9(14)8(5-7)13(15,16)17/h3-6,10H,1-2H3,(H,18,19)(H,20,21)/t10-/m1/s1. The number of hydrogen-bond acceptors (Lipinski definition) is 2. The highest BCUT2D eigenvalue weighted by molar-refractivity contribution is 5.96. The largest absolute Gasteiger partial charge is 0.480 e. The molecule has 0 unspecified atom stereocenters. The summed E-state index contributed by atoms with van der Waals surface area (Å²) in [5.74, 6) is -4.29. The zero-order valence-corrected chi connectivity index (χ0v) is 11.2. The van der Waals surface area contributed by atoms with Gasteiger partial charge in [0.2, 0.25) is 0 Å². The van der Waals surface area contributed by atoms with Crippen LogP contribution in [0.15, 0.2) is 18.2 Å². The number of amides is 1. The van der Waals surface area contributed by atoms with E-state index in [0.29, 0.717) is 12.1 Å². The lowest BCUT2D eigenvalue weighted by Crippen LogP contribution is -2.44.